The molecule has 0 amide bonds. The zero-order valence-corrected chi connectivity index (χ0v) is 5.38. The standard InChI is InChI=1S/C7H7N3/c1-2-5-9(4-1)10-6-3-8-7-10/h1-7H. The van der Waals surface area contributed by atoms with Gasteiger partial charge in [0.1, 0.15) is 6.33 Å². The lowest BCUT2D eigenvalue weighted by atomic mass is 10.7. The Hall–Kier alpha value is -1.51. The average molecular weight is 133 g/mol. The van der Waals surface area contributed by atoms with E-state index in [1.165, 1.54) is 0 Å². The molecule has 2 aromatic rings. The van der Waals surface area contributed by atoms with Gasteiger partial charge in [-0.3, -0.25) is 4.68 Å². The average Bonchev–Trinajstić information content (AvgIpc) is 2.59. The van der Waals surface area contributed by atoms with Crippen molar-refractivity contribution >= 4 is 0 Å². The van der Waals surface area contributed by atoms with E-state index in [4.69, 9.17) is 0 Å². The molecule has 3 heteroatoms. The molecule has 0 atom stereocenters. The minimum atomic E-state index is 1.75. The third-order valence-electron chi connectivity index (χ3n) is 1.35. The van der Waals surface area contributed by atoms with Crippen molar-refractivity contribution in [2.45, 2.75) is 0 Å². The summed E-state index contributed by atoms with van der Waals surface area (Å²) in [7, 11) is 0. The van der Waals surface area contributed by atoms with Gasteiger partial charge in [0, 0.05) is 24.8 Å². The van der Waals surface area contributed by atoms with Crippen LogP contribution >= 0.6 is 0 Å². The van der Waals surface area contributed by atoms with Gasteiger partial charge >= 0.3 is 0 Å². The van der Waals surface area contributed by atoms with Gasteiger partial charge in [-0.1, -0.05) is 0 Å². The van der Waals surface area contributed by atoms with Gasteiger partial charge in [-0.2, -0.15) is 0 Å². The van der Waals surface area contributed by atoms with Crippen LogP contribution in [0.1, 0.15) is 0 Å². The van der Waals surface area contributed by atoms with Gasteiger partial charge in [0.05, 0.1) is 0 Å². The van der Waals surface area contributed by atoms with Crippen molar-refractivity contribution in [2.75, 3.05) is 0 Å². The van der Waals surface area contributed by atoms with Crippen molar-refractivity contribution in [1.82, 2.24) is 14.3 Å². The number of hydrogen-bond acceptors (Lipinski definition) is 1. The van der Waals surface area contributed by atoms with E-state index < -0.39 is 0 Å². The van der Waals surface area contributed by atoms with Crippen molar-refractivity contribution in [3.05, 3.63) is 43.2 Å². The van der Waals surface area contributed by atoms with Crippen LogP contribution in [0.4, 0.5) is 0 Å². The predicted octanol–water partition coefficient (Wildman–Crippen LogP) is 0.996. The molecule has 2 heterocycles. The molecule has 0 unspecified atom stereocenters. The second kappa shape index (κ2) is 2.02. The zero-order valence-electron chi connectivity index (χ0n) is 5.38. The van der Waals surface area contributed by atoms with Gasteiger partial charge in [0.2, 0.25) is 0 Å². The Morgan fingerprint density at radius 2 is 1.70 bits per heavy atom. The summed E-state index contributed by atoms with van der Waals surface area (Å²) in [6, 6.07) is 3.94. The number of nitrogens with zero attached hydrogens (tertiary/aromatic N) is 3. The lowest BCUT2D eigenvalue weighted by Crippen LogP contribution is -2.01. The number of imidazole rings is 1. The summed E-state index contributed by atoms with van der Waals surface area (Å²) in [4.78, 5) is 3.92. The molecule has 2 rings (SSSR count). The fourth-order valence-corrected chi connectivity index (χ4v) is 0.868. The van der Waals surface area contributed by atoms with Crippen LogP contribution in [0, 0.1) is 0 Å². The molecule has 0 aliphatic carbocycles. The first-order valence-electron chi connectivity index (χ1n) is 3.08. The van der Waals surface area contributed by atoms with Gasteiger partial charge in [0.15, 0.2) is 0 Å². The number of hydrogen-bond donors (Lipinski definition) is 0. The first-order valence-corrected chi connectivity index (χ1v) is 3.08. The molecule has 0 aromatic carbocycles. The van der Waals surface area contributed by atoms with Gasteiger partial charge < -0.3 is 0 Å². The van der Waals surface area contributed by atoms with Crippen molar-refractivity contribution in [3.8, 4) is 0 Å². The summed E-state index contributed by atoms with van der Waals surface area (Å²) in [5.74, 6) is 0. The maximum absolute atomic E-state index is 3.92. The Kier molecular flexibility index (Phi) is 1.07. The Morgan fingerprint density at radius 3 is 2.30 bits per heavy atom. The topological polar surface area (TPSA) is 22.8 Å². The van der Waals surface area contributed by atoms with Crippen LogP contribution in [0.15, 0.2) is 43.2 Å². The van der Waals surface area contributed by atoms with Crippen molar-refractivity contribution in [3.63, 3.8) is 0 Å². The normalized spacial score (nSPS) is 10.0. The highest BCUT2D eigenvalue weighted by Gasteiger charge is 1.86. The summed E-state index contributed by atoms with van der Waals surface area (Å²) >= 11 is 0. The molecular weight excluding hydrogens is 126 g/mol. The lowest BCUT2D eigenvalue weighted by molar-refractivity contribution is 0.662. The van der Waals surface area contributed by atoms with Crippen LogP contribution in [0.5, 0.6) is 0 Å². The Morgan fingerprint density at radius 1 is 0.900 bits per heavy atom. The molecule has 0 radical (unpaired) electrons. The molecule has 0 N–H and O–H groups in total. The van der Waals surface area contributed by atoms with Crippen LogP contribution in [0.2, 0.25) is 0 Å². The maximum atomic E-state index is 3.92. The molecule has 0 aliphatic heterocycles. The zero-order chi connectivity index (χ0) is 6.81. The summed E-state index contributed by atoms with van der Waals surface area (Å²) in [5, 5.41) is 0. The van der Waals surface area contributed by atoms with E-state index in [-0.39, 0.29) is 0 Å². The number of aromatic nitrogens is 3. The van der Waals surface area contributed by atoms with Crippen molar-refractivity contribution in [1.29, 1.82) is 0 Å². The Balaban J connectivity index is 2.48. The van der Waals surface area contributed by atoms with E-state index in [2.05, 4.69) is 4.98 Å². The summed E-state index contributed by atoms with van der Waals surface area (Å²) < 4.78 is 3.83. The summed E-state index contributed by atoms with van der Waals surface area (Å²) in [6.45, 7) is 0. The molecular formula is C7H7N3. The van der Waals surface area contributed by atoms with E-state index in [1.54, 1.807) is 12.5 Å². The molecule has 0 aliphatic rings. The van der Waals surface area contributed by atoms with E-state index in [9.17, 15) is 0 Å². The van der Waals surface area contributed by atoms with Crippen LogP contribution in [0.3, 0.4) is 0 Å². The third-order valence-corrected chi connectivity index (χ3v) is 1.35. The molecule has 50 valence electrons. The monoisotopic (exact) mass is 133 g/mol. The Labute approximate surface area is 58.5 Å². The molecule has 3 nitrogen and oxygen atoms in total. The minimum Gasteiger partial charge on any atom is -0.263 e. The molecule has 0 bridgehead atoms. The lowest BCUT2D eigenvalue weighted by Gasteiger charge is -1.99. The first kappa shape index (κ1) is 5.29. The smallest absolute Gasteiger partial charge is 0.115 e. The van der Waals surface area contributed by atoms with Gasteiger partial charge in [-0.25, -0.2) is 9.66 Å². The fourth-order valence-electron chi connectivity index (χ4n) is 0.868. The quantitative estimate of drug-likeness (QED) is 0.569. The van der Waals surface area contributed by atoms with E-state index >= 15 is 0 Å². The predicted molar refractivity (Wildman–Crippen MR) is 37.5 cm³/mol. The summed E-state index contributed by atoms with van der Waals surface area (Å²) in [6.07, 6.45) is 9.31. The highest BCUT2D eigenvalue weighted by Crippen LogP contribution is 1.91. The maximum Gasteiger partial charge on any atom is 0.115 e. The second-order valence-electron chi connectivity index (χ2n) is 2.01. The van der Waals surface area contributed by atoms with Crippen LogP contribution in [-0.4, -0.2) is 14.3 Å². The minimum absolute atomic E-state index is 1.75. The van der Waals surface area contributed by atoms with E-state index in [0.717, 1.165) is 0 Å². The van der Waals surface area contributed by atoms with Crippen molar-refractivity contribution in [2.24, 2.45) is 0 Å². The highest BCUT2D eigenvalue weighted by atomic mass is 15.4. The van der Waals surface area contributed by atoms with Crippen molar-refractivity contribution < 1.29 is 0 Å². The number of rotatable bonds is 1. The molecule has 10 heavy (non-hydrogen) atoms. The molecule has 0 saturated heterocycles. The molecule has 0 spiro atoms. The molecule has 2 aromatic heterocycles. The van der Waals surface area contributed by atoms with E-state index in [1.807, 2.05) is 40.1 Å². The molecule has 0 fully saturated rings. The highest BCUT2D eigenvalue weighted by molar-refractivity contribution is 4.92. The largest absolute Gasteiger partial charge is 0.263 e. The summed E-state index contributed by atoms with van der Waals surface area (Å²) in [5.41, 5.74) is 0. The Bertz CT molecular complexity index is 248. The van der Waals surface area contributed by atoms with Crippen LogP contribution < -0.4 is 0 Å². The SMILES string of the molecule is c1ccn(-n2ccnc2)c1. The van der Waals surface area contributed by atoms with E-state index in [0.29, 0.717) is 0 Å². The second-order valence-corrected chi connectivity index (χ2v) is 2.01. The third kappa shape index (κ3) is 0.719. The van der Waals surface area contributed by atoms with Gasteiger partial charge in [0.25, 0.3) is 0 Å². The first-order chi connectivity index (χ1) is 4.97. The van der Waals surface area contributed by atoms with Gasteiger partial charge in [-0.15, -0.1) is 0 Å². The molecule has 0 saturated carbocycles. The van der Waals surface area contributed by atoms with Crippen LogP contribution in [0.25, 0.3) is 0 Å². The van der Waals surface area contributed by atoms with Crippen LogP contribution in [-0.2, 0) is 0 Å². The fraction of sp³-hybridized carbons (Fsp3) is 0. The van der Waals surface area contributed by atoms with Gasteiger partial charge in [-0.05, 0) is 12.1 Å².